The number of hydrogen-bond acceptors (Lipinski definition) is 6. The molecule has 0 amide bonds. The quantitative estimate of drug-likeness (QED) is 0.267. The Morgan fingerprint density at radius 2 is 1.91 bits per heavy atom. The van der Waals surface area contributed by atoms with Crippen molar-refractivity contribution in [1.29, 1.82) is 0 Å². The van der Waals surface area contributed by atoms with Crippen molar-refractivity contribution in [3.05, 3.63) is 41.1 Å². The molecular formula is C14H19N3O6. The summed E-state index contributed by atoms with van der Waals surface area (Å²) in [5, 5.41) is 24.7. The van der Waals surface area contributed by atoms with E-state index >= 15 is 0 Å². The Bertz CT molecular complexity index is 587. The Balaban J connectivity index is 2.62. The van der Waals surface area contributed by atoms with Crippen molar-refractivity contribution in [2.75, 3.05) is 7.05 Å². The van der Waals surface area contributed by atoms with E-state index in [4.69, 9.17) is 14.7 Å². The molecule has 23 heavy (non-hydrogen) atoms. The summed E-state index contributed by atoms with van der Waals surface area (Å²) in [4.78, 5) is 27.5. The number of carboxylic acids is 1. The normalized spacial score (nSPS) is 13.1. The van der Waals surface area contributed by atoms with Crippen LogP contribution in [0.2, 0.25) is 0 Å². The van der Waals surface area contributed by atoms with E-state index in [0.29, 0.717) is 5.56 Å². The average molecular weight is 325 g/mol. The Kier molecular flexibility index (Phi) is 5.88. The number of hydrogen-bond donors (Lipinski definition) is 1. The molecule has 1 N–H and O–H groups in total. The molecule has 9 heteroatoms. The van der Waals surface area contributed by atoms with E-state index in [-0.39, 0.29) is 4.97 Å². The van der Waals surface area contributed by atoms with E-state index < -0.39 is 23.8 Å². The van der Waals surface area contributed by atoms with E-state index in [2.05, 4.69) is 5.28 Å². The Morgan fingerprint density at radius 1 is 1.35 bits per heavy atom. The second-order valence-corrected chi connectivity index (χ2v) is 5.17. The summed E-state index contributed by atoms with van der Waals surface area (Å²) in [5.74, 6) is -1.84. The highest BCUT2D eigenvalue weighted by atomic mass is 16.8. The van der Waals surface area contributed by atoms with Gasteiger partial charge in [0, 0.05) is 6.92 Å². The second kappa shape index (κ2) is 7.43. The van der Waals surface area contributed by atoms with Crippen LogP contribution in [0, 0.1) is 5.21 Å². The zero-order valence-electron chi connectivity index (χ0n) is 13.3. The third-order valence-corrected chi connectivity index (χ3v) is 3.14. The number of ether oxygens (including phenoxy) is 1. The van der Waals surface area contributed by atoms with Gasteiger partial charge >= 0.3 is 11.9 Å². The van der Waals surface area contributed by atoms with Crippen LogP contribution >= 0.6 is 0 Å². The van der Waals surface area contributed by atoms with Gasteiger partial charge in [-0.2, -0.15) is 0 Å². The Morgan fingerprint density at radius 3 is 2.43 bits per heavy atom. The van der Waals surface area contributed by atoms with Gasteiger partial charge < -0.3 is 15.1 Å². The standard InChI is InChI=1S/C14H19N3O6/c1-10(22-12(18)11-8-6-5-7-9-11)23-15-17(21)16(4)14(2,3)13(19)20/h5-10H,1-4H3,(H,19,20)/b17-15-. The molecule has 0 heterocycles. The van der Waals surface area contributed by atoms with Crippen molar-refractivity contribution >= 4 is 11.9 Å². The number of carbonyl (C=O) groups excluding carboxylic acids is 1. The maximum absolute atomic E-state index is 11.8. The average Bonchev–Trinajstić information content (AvgIpc) is 2.52. The third-order valence-electron chi connectivity index (χ3n) is 3.14. The molecule has 1 rings (SSSR count). The molecule has 0 aliphatic heterocycles. The van der Waals surface area contributed by atoms with E-state index in [1.165, 1.54) is 27.8 Å². The topological polar surface area (TPSA) is 114 Å². The van der Waals surface area contributed by atoms with Crippen molar-refractivity contribution < 1.29 is 29.2 Å². The van der Waals surface area contributed by atoms with Gasteiger partial charge in [-0.15, -0.1) is 5.01 Å². The highest BCUT2D eigenvalue weighted by Crippen LogP contribution is 2.13. The fourth-order valence-electron chi connectivity index (χ4n) is 1.33. The number of hydrazine groups is 1. The number of carbonyl (C=O) groups is 2. The number of carboxylic acid groups (broad SMARTS) is 1. The predicted octanol–water partition coefficient (Wildman–Crippen LogP) is 1.79. The first-order valence-electron chi connectivity index (χ1n) is 6.73. The first-order valence-corrected chi connectivity index (χ1v) is 6.73. The van der Waals surface area contributed by atoms with E-state index in [1.54, 1.807) is 30.3 Å². The van der Waals surface area contributed by atoms with Gasteiger partial charge in [0.05, 0.1) is 17.6 Å². The van der Waals surface area contributed by atoms with E-state index in [9.17, 15) is 14.8 Å². The van der Waals surface area contributed by atoms with Crippen LogP contribution in [0.4, 0.5) is 0 Å². The number of aliphatic carboxylic acids is 1. The summed E-state index contributed by atoms with van der Waals surface area (Å²) < 4.78 is 4.94. The van der Waals surface area contributed by atoms with Crippen molar-refractivity contribution in [3.63, 3.8) is 0 Å². The van der Waals surface area contributed by atoms with Gasteiger partial charge in [-0.25, -0.2) is 9.59 Å². The van der Waals surface area contributed by atoms with Crippen LogP contribution in [0.3, 0.4) is 0 Å². The molecule has 0 aliphatic rings. The lowest BCUT2D eigenvalue weighted by Gasteiger charge is -2.26. The maximum atomic E-state index is 11.8. The molecule has 0 bridgehead atoms. The number of likely N-dealkylation sites (N-methyl/N-ethyl adjacent to an activating group) is 1. The molecule has 0 saturated carbocycles. The molecule has 1 unspecified atom stereocenters. The van der Waals surface area contributed by atoms with Gasteiger partial charge in [0.1, 0.15) is 0 Å². The van der Waals surface area contributed by atoms with Gasteiger partial charge in [0.15, 0.2) is 5.54 Å². The van der Waals surface area contributed by atoms with Gasteiger partial charge in [-0.1, -0.05) is 18.2 Å². The maximum Gasteiger partial charge on any atom is 0.341 e. The molecule has 0 aliphatic carbocycles. The fourth-order valence-corrected chi connectivity index (χ4v) is 1.33. The largest absolute Gasteiger partial charge is 0.569 e. The lowest BCUT2D eigenvalue weighted by atomic mass is 10.1. The highest BCUT2D eigenvalue weighted by molar-refractivity contribution is 5.89. The molecule has 126 valence electrons. The third kappa shape index (κ3) is 4.83. The Hall–Kier alpha value is -2.84. The minimum absolute atomic E-state index is 0.0268. The van der Waals surface area contributed by atoms with Crippen LogP contribution in [-0.4, -0.2) is 45.9 Å². The van der Waals surface area contributed by atoms with Crippen LogP contribution in [-0.2, 0) is 14.4 Å². The fraction of sp³-hybridized carbons (Fsp3) is 0.429. The van der Waals surface area contributed by atoms with Crippen molar-refractivity contribution in [2.24, 2.45) is 5.28 Å². The van der Waals surface area contributed by atoms with Gasteiger partial charge in [-0.05, 0) is 26.0 Å². The van der Waals surface area contributed by atoms with Gasteiger partial charge in [-0.3, -0.25) is 4.84 Å². The molecule has 0 aromatic heterocycles. The van der Waals surface area contributed by atoms with Crippen LogP contribution in [0.1, 0.15) is 31.1 Å². The van der Waals surface area contributed by atoms with Crippen molar-refractivity contribution in [1.82, 2.24) is 5.01 Å². The van der Waals surface area contributed by atoms with Gasteiger partial charge in [0.25, 0.3) is 6.29 Å². The minimum atomic E-state index is -1.49. The zero-order valence-corrected chi connectivity index (χ0v) is 13.3. The highest BCUT2D eigenvalue weighted by Gasteiger charge is 2.38. The minimum Gasteiger partial charge on any atom is -0.569 e. The first-order chi connectivity index (χ1) is 10.7. The lowest BCUT2D eigenvalue weighted by Crippen LogP contribution is -2.50. The van der Waals surface area contributed by atoms with E-state index in [1.807, 2.05) is 0 Å². The number of nitrogens with zero attached hydrogens (tertiary/aromatic N) is 3. The molecular weight excluding hydrogens is 306 g/mol. The molecule has 0 saturated heterocycles. The molecule has 0 fully saturated rings. The predicted molar refractivity (Wildman–Crippen MR) is 77.9 cm³/mol. The van der Waals surface area contributed by atoms with E-state index in [0.717, 1.165) is 5.01 Å². The number of benzene rings is 1. The summed E-state index contributed by atoms with van der Waals surface area (Å²) in [6, 6.07) is 8.23. The summed E-state index contributed by atoms with van der Waals surface area (Å²) in [6.07, 6.45) is -1.12. The SMILES string of the molecule is CC(O/N=[N+](\[O-])N(C)C(C)(C)C(=O)O)OC(=O)c1ccccc1. The molecule has 1 atom stereocenters. The van der Waals surface area contributed by atoms with Gasteiger partial charge in [0.2, 0.25) is 5.28 Å². The molecule has 0 spiro atoms. The van der Waals surface area contributed by atoms with Crippen LogP contribution in [0.5, 0.6) is 0 Å². The van der Waals surface area contributed by atoms with Crippen LogP contribution < -0.4 is 0 Å². The lowest BCUT2D eigenvalue weighted by molar-refractivity contribution is -0.719. The summed E-state index contributed by atoms with van der Waals surface area (Å²) in [7, 11) is 1.24. The number of esters is 1. The summed E-state index contributed by atoms with van der Waals surface area (Å²) >= 11 is 0. The summed E-state index contributed by atoms with van der Waals surface area (Å²) in [6.45, 7) is 4.03. The second-order valence-electron chi connectivity index (χ2n) is 5.17. The van der Waals surface area contributed by atoms with Crippen molar-refractivity contribution in [3.8, 4) is 0 Å². The Labute approximate surface area is 133 Å². The molecule has 9 nitrogen and oxygen atoms in total. The van der Waals surface area contributed by atoms with Crippen LogP contribution in [0.15, 0.2) is 35.6 Å². The summed E-state index contributed by atoms with van der Waals surface area (Å²) in [5.41, 5.74) is -1.16. The molecule has 0 radical (unpaired) electrons. The number of rotatable bonds is 7. The monoisotopic (exact) mass is 325 g/mol. The van der Waals surface area contributed by atoms with Crippen molar-refractivity contribution in [2.45, 2.75) is 32.6 Å². The zero-order chi connectivity index (χ0) is 17.6. The molecule has 1 aromatic rings. The molecule has 1 aromatic carbocycles. The smallest absolute Gasteiger partial charge is 0.341 e. The first kappa shape index (κ1) is 18.2. The van der Waals surface area contributed by atoms with Crippen LogP contribution in [0.25, 0.3) is 0 Å².